The van der Waals surface area contributed by atoms with Crippen molar-refractivity contribution in [2.45, 2.75) is 53.4 Å². The molecule has 1 atom stereocenters. The molecular weight excluding hydrogens is 259 g/mol. The Bertz CT molecular complexity index is 333. The number of allylic oxidation sites excluding steroid dienone is 7. The molecule has 0 fully saturated rings. The normalized spacial score (nSPS) is 14.8. The third kappa shape index (κ3) is 9.86. The van der Waals surface area contributed by atoms with Gasteiger partial charge in [0.1, 0.15) is 0 Å². The second-order valence-electron chi connectivity index (χ2n) is 4.70. The minimum Gasteiger partial charge on any atom is -0.513 e. The van der Waals surface area contributed by atoms with Gasteiger partial charge in [-0.05, 0) is 25.7 Å². The van der Waals surface area contributed by atoms with Gasteiger partial charge in [0.15, 0.2) is 0 Å². The van der Waals surface area contributed by atoms with Crippen LogP contribution >= 0.6 is 0 Å². The molecule has 1 nitrogen and oxygen atoms in total. The monoisotopic (exact) mass is 286 g/mol. The van der Waals surface area contributed by atoms with Gasteiger partial charge in [0.05, 0.1) is 5.76 Å². The average Bonchev–Trinajstić information content (AvgIpc) is 2.33. The van der Waals surface area contributed by atoms with Crippen LogP contribution in [-0.4, -0.2) is 5.11 Å². The topological polar surface area (TPSA) is 20.2 Å². The third-order valence-corrected chi connectivity index (χ3v) is 2.94. The zero-order chi connectivity index (χ0) is 14.0. The average molecular weight is 286 g/mol. The molecule has 0 aliphatic rings. The molecule has 0 radical (unpaired) electrons. The van der Waals surface area contributed by atoms with Gasteiger partial charge in [-0.3, -0.25) is 0 Å². The van der Waals surface area contributed by atoms with Gasteiger partial charge < -0.3 is 5.11 Å². The molecule has 0 aliphatic carbocycles. The molecule has 102 valence electrons. The van der Waals surface area contributed by atoms with E-state index in [9.17, 15) is 5.11 Å². The molecule has 0 bridgehead atoms. The van der Waals surface area contributed by atoms with E-state index >= 15 is 0 Å². The fourth-order valence-electron chi connectivity index (χ4n) is 1.89. The van der Waals surface area contributed by atoms with E-state index in [1.165, 1.54) is 0 Å². The predicted octanol–water partition coefficient (Wildman–Crippen LogP) is 2.53. The van der Waals surface area contributed by atoms with Crippen LogP contribution in [0.15, 0.2) is 41.7 Å². The van der Waals surface area contributed by atoms with Gasteiger partial charge in [-0.2, -0.15) is 30.4 Å². The van der Waals surface area contributed by atoms with E-state index < -0.39 is 0 Å². The van der Waals surface area contributed by atoms with E-state index in [0.29, 0.717) is 11.7 Å². The Morgan fingerprint density at radius 3 is 2.37 bits per heavy atom. The molecule has 0 aromatic rings. The van der Waals surface area contributed by atoms with Gasteiger partial charge in [0.25, 0.3) is 0 Å². The smallest absolute Gasteiger partial charge is 0.513 e. The van der Waals surface area contributed by atoms with Crippen LogP contribution in [0.4, 0.5) is 0 Å². The SMILES string of the molecule is C=[C-]C(=C/C(=C(\C)O)C(C)CCC)/C=C/CCC.[K+]. The van der Waals surface area contributed by atoms with Gasteiger partial charge in [-0.1, -0.05) is 39.2 Å². The molecule has 1 unspecified atom stereocenters. The maximum atomic E-state index is 9.79. The van der Waals surface area contributed by atoms with E-state index in [-0.39, 0.29) is 51.4 Å². The van der Waals surface area contributed by atoms with Crippen LogP contribution in [0, 0.1) is 12.0 Å². The van der Waals surface area contributed by atoms with E-state index in [0.717, 1.165) is 36.8 Å². The van der Waals surface area contributed by atoms with Crippen LogP contribution in [0.1, 0.15) is 53.4 Å². The van der Waals surface area contributed by atoms with Crippen molar-refractivity contribution in [2.75, 3.05) is 0 Å². The zero-order valence-electron chi connectivity index (χ0n) is 13.3. The molecular formula is C17H27KO. The summed E-state index contributed by atoms with van der Waals surface area (Å²) in [6.45, 7) is 11.9. The summed E-state index contributed by atoms with van der Waals surface area (Å²) in [5.74, 6) is 0.760. The largest absolute Gasteiger partial charge is 1.00 e. The van der Waals surface area contributed by atoms with Gasteiger partial charge in [0.2, 0.25) is 0 Å². The van der Waals surface area contributed by atoms with Crippen LogP contribution in [0.5, 0.6) is 0 Å². The summed E-state index contributed by atoms with van der Waals surface area (Å²) in [6, 6.07) is 0. The molecule has 0 spiro atoms. The summed E-state index contributed by atoms with van der Waals surface area (Å²) in [5, 5.41) is 9.79. The first-order chi connectivity index (χ1) is 8.56. The molecule has 19 heavy (non-hydrogen) atoms. The minimum absolute atomic E-state index is 0. The minimum atomic E-state index is 0. The summed E-state index contributed by atoms with van der Waals surface area (Å²) in [4.78, 5) is 0. The zero-order valence-corrected chi connectivity index (χ0v) is 16.4. The number of rotatable bonds is 8. The Morgan fingerprint density at radius 1 is 1.32 bits per heavy atom. The van der Waals surface area contributed by atoms with E-state index in [4.69, 9.17) is 0 Å². The van der Waals surface area contributed by atoms with Crippen LogP contribution < -0.4 is 51.4 Å². The van der Waals surface area contributed by atoms with Crippen LogP contribution in [0.3, 0.4) is 0 Å². The summed E-state index contributed by atoms with van der Waals surface area (Å²) in [5.41, 5.74) is 1.93. The number of hydrogen-bond donors (Lipinski definition) is 1. The first kappa shape index (κ1) is 21.7. The quantitative estimate of drug-likeness (QED) is 0.315. The van der Waals surface area contributed by atoms with Crippen molar-refractivity contribution in [3.8, 4) is 0 Å². The van der Waals surface area contributed by atoms with Gasteiger partial charge >= 0.3 is 51.4 Å². The number of unbranched alkanes of at least 4 members (excludes halogenated alkanes) is 1. The molecule has 0 saturated heterocycles. The van der Waals surface area contributed by atoms with Gasteiger partial charge in [-0.25, -0.2) is 0 Å². The third-order valence-electron chi connectivity index (χ3n) is 2.94. The molecule has 2 heteroatoms. The number of hydrogen-bond acceptors (Lipinski definition) is 1. The van der Waals surface area contributed by atoms with Gasteiger partial charge in [0, 0.05) is 0 Å². The van der Waals surface area contributed by atoms with Crippen molar-refractivity contribution in [1.82, 2.24) is 0 Å². The molecule has 0 saturated carbocycles. The van der Waals surface area contributed by atoms with Crippen LogP contribution in [-0.2, 0) is 0 Å². The van der Waals surface area contributed by atoms with Crippen LogP contribution in [0.25, 0.3) is 0 Å². The maximum absolute atomic E-state index is 9.79. The fraction of sp³-hybridized carbons (Fsp3) is 0.529. The van der Waals surface area contributed by atoms with E-state index in [2.05, 4.69) is 39.5 Å². The molecule has 0 aromatic carbocycles. The van der Waals surface area contributed by atoms with Crippen molar-refractivity contribution < 1.29 is 56.5 Å². The van der Waals surface area contributed by atoms with Crippen molar-refractivity contribution >= 4 is 0 Å². The first-order valence-corrected chi connectivity index (χ1v) is 6.87. The molecule has 0 heterocycles. The standard InChI is InChI=1S/C17H27O.K/c1-6-9-10-12-16(8-3)13-17(15(5)18)14(4)11-7-2;/h10,12-14,18H,3,6-7,9,11H2,1-2,4-5H3;/q-1;+1/b12-10+,16-13-,17-15-;. The summed E-state index contributed by atoms with van der Waals surface area (Å²) in [7, 11) is 0. The maximum Gasteiger partial charge on any atom is 1.00 e. The molecule has 0 amide bonds. The number of aliphatic hydroxyl groups excluding tert-OH is 1. The van der Waals surface area contributed by atoms with E-state index in [1.54, 1.807) is 6.92 Å². The molecule has 0 rings (SSSR count). The summed E-state index contributed by atoms with van der Waals surface area (Å²) < 4.78 is 0. The second kappa shape index (κ2) is 13.4. The Labute approximate surface area is 162 Å². The summed E-state index contributed by atoms with van der Waals surface area (Å²) >= 11 is 0. The van der Waals surface area contributed by atoms with Crippen molar-refractivity contribution in [3.05, 3.63) is 47.8 Å². The molecule has 0 aromatic heterocycles. The van der Waals surface area contributed by atoms with Crippen LogP contribution in [0.2, 0.25) is 0 Å². The van der Waals surface area contributed by atoms with Crippen molar-refractivity contribution in [3.63, 3.8) is 0 Å². The summed E-state index contributed by atoms with van der Waals surface area (Å²) in [6.07, 6.45) is 13.4. The van der Waals surface area contributed by atoms with Gasteiger partial charge in [-0.15, -0.1) is 6.08 Å². The second-order valence-corrected chi connectivity index (χ2v) is 4.70. The molecule has 0 aliphatic heterocycles. The Morgan fingerprint density at radius 2 is 1.95 bits per heavy atom. The Kier molecular flexibility index (Phi) is 15.3. The Balaban J connectivity index is 0. The number of aliphatic hydroxyl groups is 1. The van der Waals surface area contributed by atoms with Crippen molar-refractivity contribution in [1.29, 1.82) is 0 Å². The van der Waals surface area contributed by atoms with Crippen molar-refractivity contribution in [2.24, 2.45) is 5.92 Å². The van der Waals surface area contributed by atoms with E-state index in [1.807, 2.05) is 12.2 Å². The Hall–Kier alpha value is 0.396. The predicted molar refractivity (Wildman–Crippen MR) is 80.4 cm³/mol. The molecule has 1 N–H and O–H groups in total. The first-order valence-electron chi connectivity index (χ1n) is 6.87. The fourth-order valence-corrected chi connectivity index (χ4v) is 1.89.